The van der Waals surface area contributed by atoms with Crippen molar-refractivity contribution in [2.75, 3.05) is 14.7 Å². The fraction of sp³-hybridized carbons (Fsp3) is 0.0455. The molecule has 0 aliphatic carbocycles. The number of benzene rings is 7. The molecule has 10 rings (SSSR count). The van der Waals surface area contributed by atoms with Crippen LogP contribution < -0.4 is 41.5 Å². The Labute approximate surface area is 289 Å². The van der Waals surface area contributed by atoms with Crippen LogP contribution in [0.3, 0.4) is 0 Å². The molecule has 0 radical (unpaired) electrons. The molecule has 0 unspecified atom stereocenters. The Kier molecular flexibility index (Phi) is 6.12. The van der Waals surface area contributed by atoms with E-state index in [-0.39, 0.29) is 6.71 Å². The highest BCUT2D eigenvalue weighted by Gasteiger charge is 2.51. The second-order valence-corrected chi connectivity index (χ2v) is 18.1. The van der Waals surface area contributed by atoms with Crippen LogP contribution in [-0.4, -0.2) is 14.8 Å². The largest absolute Gasteiger partial charge is 0.311 e. The summed E-state index contributed by atoms with van der Waals surface area (Å²) in [7, 11) is -2.05. The molecular formula is C44H34BN3Si. The molecule has 0 saturated heterocycles. The van der Waals surface area contributed by atoms with Crippen molar-refractivity contribution < 1.29 is 0 Å². The Balaban J connectivity index is 1.36. The van der Waals surface area contributed by atoms with Crippen LogP contribution in [0.1, 0.15) is 0 Å². The van der Waals surface area contributed by atoms with Crippen molar-refractivity contribution >= 4 is 92.7 Å². The number of nitrogens with zero attached hydrogens (tertiary/aromatic N) is 3. The van der Waals surface area contributed by atoms with Crippen LogP contribution >= 0.6 is 0 Å². The van der Waals surface area contributed by atoms with E-state index < -0.39 is 8.07 Å². The van der Waals surface area contributed by atoms with Gasteiger partial charge in [-0.15, -0.1) is 0 Å². The van der Waals surface area contributed by atoms with Gasteiger partial charge in [0.15, 0.2) is 0 Å². The normalized spacial score (nSPS) is 14.4. The molecule has 0 fully saturated rings. The molecule has 7 aromatic carbocycles. The van der Waals surface area contributed by atoms with Crippen molar-refractivity contribution in [1.29, 1.82) is 0 Å². The maximum atomic E-state index is 2.54. The summed E-state index contributed by atoms with van der Waals surface area (Å²) in [5, 5.41) is 3.09. The van der Waals surface area contributed by atoms with Gasteiger partial charge in [-0.1, -0.05) is 121 Å². The molecule has 0 saturated carbocycles. The lowest BCUT2D eigenvalue weighted by Gasteiger charge is -2.50. The second-order valence-electron chi connectivity index (χ2n) is 13.8. The molecule has 0 amide bonds. The molecule has 3 aliphatic rings. The van der Waals surface area contributed by atoms with Crippen molar-refractivity contribution in [3.05, 3.63) is 170 Å². The molecule has 0 aromatic heterocycles. The maximum Gasteiger partial charge on any atom is 0.251 e. The third-order valence-corrected chi connectivity index (χ3v) is 14.3. The standard InChI is InChI=1S/C44H34BN3Si/c1-49(2)40-27-15-25-36-43(40)45-42-38(47(36)33-21-11-5-12-22-33)29-35(46(31-17-7-3-8-18-31)32-19-9-4-10-20-32)30-39(42)48(34-23-13-6-14-24-34)37-26-16-28-41(49)44(37)45/h3-30H,1-2H3. The van der Waals surface area contributed by atoms with E-state index in [4.69, 9.17) is 0 Å². The number of anilines is 9. The van der Waals surface area contributed by atoms with Gasteiger partial charge in [-0.3, -0.25) is 0 Å². The van der Waals surface area contributed by atoms with Crippen LogP contribution in [0.2, 0.25) is 13.1 Å². The molecule has 0 bridgehead atoms. The molecule has 232 valence electrons. The highest BCUT2D eigenvalue weighted by atomic mass is 28.3. The zero-order valence-corrected chi connectivity index (χ0v) is 28.6. The Morgan fingerprint density at radius 1 is 0.408 bits per heavy atom. The predicted molar refractivity (Wildman–Crippen MR) is 212 cm³/mol. The van der Waals surface area contributed by atoms with Crippen molar-refractivity contribution in [3.8, 4) is 0 Å². The van der Waals surface area contributed by atoms with Gasteiger partial charge < -0.3 is 14.7 Å². The van der Waals surface area contributed by atoms with Gasteiger partial charge in [0, 0.05) is 45.5 Å². The first-order valence-electron chi connectivity index (χ1n) is 17.2. The van der Waals surface area contributed by atoms with Crippen molar-refractivity contribution in [3.63, 3.8) is 0 Å². The van der Waals surface area contributed by atoms with E-state index in [0.29, 0.717) is 0 Å². The fourth-order valence-corrected chi connectivity index (χ4v) is 12.0. The first-order valence-corrected chi connectivity index (χ1v) is 20.2. The Morgan fingerprint density at radius 2 is 0.816 bits per heavy atom. The van der Waals surface area contributed by atoms with Gasteiger partial charge in [-0.05, 0) is 89.2 Å². The van der Waals surface area contributed by atoms with Crippen LogP contribution in [0.5, 0.6) is 0 Å². The zero-order chi connectivity index (χ0) is 32.7. The van der Waals surface area contributed by atoms with E-state index in [0.717, 1.165) is 17.1 Å². The Bertz CT molecular complexity index is 2220. The lowest BCUT2D eigenvalue weighted by atomic mass is 9.33. The van der Waals surface area contributed by atoms with Crippen molar-refractivity contribution in [1.82, 2.24) is 0 Å². The monoisotopic (exact) mass is 643 g/mol. The third kappa shape index (κ3) is 4.03. The summed E-state index contributed by atoms with van der Waals surface area (Å²) in [6, 6.07) is 62.5. The fourth-order valence-electron chi connectivity index (χ4n) is 8.75. The smallest absolute Gasteiger partial charge is 0.251 e. The number of hydrogen-bond donors (Lipinski definition) is 0. The summed E-state index contributed by atoms with van der Waals surface area (Å²) < 4.78 is 0. The minimum Gasteiger partial charge on any atom is -0.311 e. The molecule has 3 aliphatic heterocycles. The van der Waals surface area contributed by atoms with Gasteiger partial charge in [-0.25, -0.2) is 0 Å². The van der Waals surface area contributed by atoms with E-state index in [9.17, 15) is 0 Å². The average molecular weight is 644 g/mol. The lowest BCUT2D eigenvalue weighted by Crippen LogP contribution is -2.79. The molecule has 0 N–H and O–H groups in total. The van der Waals surface area contributed by atoms with Crippen LogP contribution in [0.25, 0.3) is 0 Å². The van der Waals surface area contributed by atoms with Crippen LogP contribution in [0.15, 0.2) is 170 Å². The Morgan fingerprint density at radius 3 is 1.24 bits per heavy atom. The van der Waals surface area contributed by atoms with Crippen molar-refractivity contribution in [2.45, 2.75) is 13.1 Å². The maximum absolute atomic E-state index is 2.54. The summed E-state index contributed by atoms with van der Waals surface area (Å²) >= 11 is 0. The van der Waals surface area contributed by atoms with Gasteiger partial charge in [0.25, 0.3) is 6.71 Å². The van der Waals surface area contributed by atoms with Gasteiger partial charge in [-0.2, -0.15) is 0 Å². The van der Waals surface area contributed by atoms with Gasteiger partial charge in [0.05, 0.1) is 5.69 Å². The molecular weight excluding hydrogens is 609 g/mol. The van der Waals surface area contributed by atoms with E-state index in [2.05, 4.69) is 198 Å². The van der Waals surface area contributed by atoms with Gasteiger partial charge >= 0.3 is 0 Å². The lowest BCUT2D eigenvalue weighted by molar-refractivity contribution is 1.23. The number of para-hydroxylation sites is 4. The SMILES string of the molecule is C[Si]1(C)c2cccc3c2B2c4c(cc(N(c5ccccc5)c5ccccc5)cc4N(c4ccccc4)c4cccc1c42)N3c1ccccc1. The van der Waals surface area contributed by atoms with E-state index in [1.54, 1.807) is 10.4 Å². The van der Waals surface area contributed by atoms with Gasteiger partial charge in [0.2, 0.25) is 0 Å². The minimum atomic E-state index is -2.05. The molecule has 0 spiro atoms. The quantitative estimate of drug-likeness (QED) is 0.175. The van der Waals surface area contributed by atoms with E-state index >= 15 is 0 Å². The second kappa shape index (κ2) is 10.6. The predicted octanol–water partition coefficient (Wildman–Crippen LogP) is 8.38. The number of hydrogen-bond acceptors (Lipinski definition) is 3. The molecule has 3 heterocycles. The van der Waals surface area contributed by atoms with Crippen LogP contribution in [0.4, 0.5) is 51.2 Å². The zero-order valence-electron chi connectivity index (χ0n) is 27.6. The van der Waals surface area contributed by atoms with Crippen molar-refractivity contribution in [2.24, 2.45) is 0 Å². The minimum absolute atomic E-state index is 0.152. The average Bonchev–Trinajstić information content (AvgIpc) is 3.15. The van der Waals surface area contributed by atoms with E-state index in [1.807, 2.05) is 0 Å². The molecule has 7 aromatic rings. The Hall–Kier alpha value is -5.78. The summed E-state index contributed by atoms with van der Waals surface area (Å²) in [6.07, 6.45) is 0. The third-order valence-electron chi connectivity index (χ3n) is 10.8. The van der Waals surface area contributed by atoms with Crippen LogP contribution in [0, 0.1) is 0 Å². The summed E-state index contributed by atoms with van der Waals surface area (Å²) in [5.41, 5.74) is 15.1. The summed E-state index contributed by atoms with van der Waals surface area (Å²) in [6.45, 7) is 5.23. The summed E-state index contributed by atoms with van der Waals surface area (Å²) in [4.78, 5) is 7.48. The molecule has 3 nitrogen and oxygen atoms in total. The number of rotatable bonds is 5. The van der Waals surface area contributed by atoms with E-state index in [1.165, 1.54) is 50.5 Å². The summed E-state index contributed by atoms with van der Waals surface area (Å²) in [5.74, 6) is 0. The molecule has 5 heteroatoms. The molecule has 0 atom stereocenters. The first-order chi connectivity index (χ1) is 24.1. The van der Waals surface area contributed by atoms with Crippen LogP contribution in [-0.2, 0) is 0 Å². The topological polar surface area (TPSA) is 9.72 Å². The highest BCUT2D eigenvalue weighted by Crippen LogP contribution is 2.48. The van der Waals surface area contributed by atoms with Gasteiger partial charge in [0.1, 0.15) is 8.07 Å². The highest BCUT2D eigenvalue weighted by molar-refractivity contribution is 7.16. The molecule has 49 heavy (non-hydrogen) atoms. The first kappa shape index (κ1) is 28.3.